The summed E-state index contributed by atoms with van der Waals surface area (Å²) in [6.45, 7) is 1.03. The molecule has 186 valence electrons. The molecule has 32 heavy (non-hydrogen) atoms. The maximum atomic E-state index is 11.0. The highest BCUT2D eigenvalue weighted by Gasteiger charge is 2.53. The van der Waals surface area contributed by atoms with E-state index in [-0.39, 0.29) is 13.0 Å². The summed E-state index contributed by atoms with van der Waals surface area (Å²) in [5.74, 6) is 0.523. The average molecular weight is 464 g/mol. The molecule has 3 aliphatic rings. The lowest BCUT2D eigenvalue weighted by Gasteiger charge is -2.50. The van der Waals surface area contributed by atoms with Gasteiger partial charge in [0.05, 0.1) is 24.7 Å². The van der Waals surface area contributed by atoms with Crippen LogP contribution in [0.15, 0.2) is 11.8 Å². The Hall–Kier alpha value is -0.940. The standard InChI is InChI=1S/C19H37N5O8/c1-19(24)15(27)11(6-25)30-18(16(19)28)32-14-10(23)4-9(22)13(12(14)26)31-17-8(21)3-2-7(5-20)29-17/h2,8-18,25-28H,3-6,20-24H2,1H3/t8-,9+,10-,11-,12+,13-,14+,15-,16+,17-,18-,19-/m1/s1. The summed E-state index contributed by atoms with van der Waals surface area (Å²) in [6.07, 6.45) is -7.00. The third-order valence-electron chi connectivity index (χ3n) is 6.45. The average Bonchev–Trinajstić information content (AvgIpc) is 2.75. The zero-order valence-electron chi connectivity index (χ0n) is 18.1. The Balaban J connectivity index is 1.73. The van der Waals surface area contributed by atoms with Gasteiger partial charge < -0.3 is 68.0 Å². The van der Waals surface area contributed by atoms with Gasteiger partial charge in [0.25, 0.3) is 0 Å². The summed E-state index contributed by atoms with van der Waals surface area (Å²) < 4.78 is 22.9. The monoisotopic (exact) mass is 463 g/mol. The van der Waals surface area contributed by atoms with E-state index in [1.54, 1.807) is 6.08 Å². The second-order valence-electron chi connectivity index (χ2n) is 9.00. The largest absolute Gasteiger partial charge is 0.467 e. The number of nitrogens with two attached hydrogens (primary N) is 5. The van der Waals surface area contributed by atoms with Crippen molar-refractivity contribution in [3.63, 3.8) is 0 Å². The summed E-state index contributed by atoms with van der Waals surface area (Å²) in [7, 11) is 0. The first-order valence-electron chi connectivity index (χ1n) is 10.7. The van der Waals surface area contributed by atoms with Crippen LogP contribution in [0.3, 0.4) is 0 Å². The number of aliphatic hydroxyl groups excluding tert-OH is 4. The molecule has 13 heteroatoms. The molecule has 0 unspecified atom stereocenters. The molecule has 13 nitrogen and oxygen atoms in total. The summed E-state index contributed by atoms with van der Waals surface area (Å²) in [6, 6.07) is -1.86. The van der Waals surface area contributed by atoms with Gasteiger partial charge in [-0.05, 0) is 25.8 Å². The minimum atomic E-state index is -1.54. The van der Waals surface area contributed by atoms with Gasteiger partial charge in [0.15, 0.2) is 6.29 Å². The number of hydrogen-bond donors (Lipinski definition) is 9. The van der Waals surface area contributed by atoms with Crippen molar-refractivity contribution in [2.45, 2.75) is 92.6 Å². The van der Waals surface area contributed by atoms with Crippen molar-refractivity contribution in [3.8, 4) is 0 Å². The molecule has 1 saturated carbocycles. The molecule has 2 fully saturated rings. The third kappa shape index (κ3) is 4.94. The highest BCUT2D eigenvalue weighted by molar-refractivity contribution is 5.06. The van der Waals surface area contributed by atoms with Crippen LogP contribution >= 0.6 is 0 Å². The second-order valence-corrected chi connectivity index (χ2v) is 9.00. The van der Waals surface area contributed by atoms with E-state index in [2.05, 4.69) is 0 Å². The molecular weight excluding hydrogens is 426 g/mol. The van der Waals surface area contributed by atoms with Gasteiger partial charge in [-0.3, -0.25) is 0 Å². The Labute approximate surface area is 186 Å². The summed E-state index contributed by atoms with van der Waals surface area (Å²) in [5, 5.41) is 41.4. The summed E-state index contributed by atoms with van der Waals surface area (Å²) in [5.41, 5.74) is 28.6. The van der Waals surface area contributed by atoms with Crippen molar-refractivity contribution in [2.24, 2.45) is 28.7 Å². The van der Waals surface area contributed by atoms with E-state index >= 15 is 0 Å². The Kier molecular flexibility index (Phi) is 8.13. The zero-order valence-corrected chi connectivity index (χ0v) is 18.1. The van der Waals surface area contributed by atoms with Gasteiger partial charge in [-0.2, -0.15) is 0 Å². The Morgan fingerprint density at radius 3 is 2.19 bits per heavy atom. The molecule has 0 spiro atoms. The lowest BCUT2D eigenvalue weighted by Crippen LogP contribution is -2.72. The number of ether oxygens (including phenoxy) is 4. The molecule has 0 aromatic carbocycles. The lowest BCUT2D eigenvalue weighted by molar-refractivity contribution is -0.321. The Morgan fingerprint density at radius 1 is 1.03 bits per heavy atom. The normalized spacial score (nSPS) is 49.9. The van der Waals surface area contributed by atoms with E-state index in [1.165, 1.54) is 6.92 Å². The molecule has 2 aliphatic heterocycles. The van der Waals surface area contributed by atoms with Crippen LogP contribution in [0, 0.1) is 0 Å². The molecular formula is C19H37N5O8. The SMILES string of the molecule is C[C@@]1(N)[C@H](O)[C@@H](CO)O[C@H](O[C@@H]2[C@@H](O)[C@H](O[C@H]3OC(CN)=CC[C@H]3N)[C@@H](N)C[C@H]2N)[C@@H]1O. The topological polar surface area (TPSA) is 248 Å². The predicted octanol–water partition coefficient (Wildman–Crippen LogP) is -4.75. The van der Waals surface area contributed by atoms with Crippen LogP contribution in [0.5, 0.6) is 0 Å². The Bertz CT molecular complexity index is 670. The number of aliphatic hydroxyl groups is 4. The van der Waals surface area contributed by atoms with Gasteiger partial charge in [-0.25, -0.2) is 0 Å². The molecule has 1 saturated heterocycles. The van der Waals surface area contributed by atoms with Crippen LogP contribution in [0.2, 0.25) is 0 Å². The van der Waals surface area contributed by atoms with Gasteiger partial charge in [0.2, 0.25) is 6.29 Å². The number of hydrogen-bond acceptors (Lipinski definition) is 13. The fourth-order valence-electron chi connectivity index (χ4n) is 4.31. The maximum absolute atomic E-state index is 11.0. The first kappa shape index (κ1) is 25.7. The van der Waals surface area contributed by atoms with Crippen molar-refractivity contribution in [1.82, 2.24) is 0 Å². The van der Waals surface area contributed by atoms with Gasteiger partial charge >= 0.3 is 0 Å². The first-order valence-corrected chi connectivity index (χ1v) is 10.7. The molecule has 0 bridgehead atoms. The third-order valence-corrected chi connectivity index (χ3v) is 6.45. The van der Waals surface area contributed by atoms with Gasteiger partial charge in [0.1, 0.15) is 42.4 Å². The van der Waals surface area contributed by atoms with Gasteiger partial charge in [-0.1, -0.05) is 0 Å². The molecule has 14 N–H and O–H groups in total. The van der Waals surface area contributed by atoms with Crippen LogP contribution in [-0.4, -0.2) is 106 Å². The lowest BCUT2D eigenvalue weighted by atomic mass is 9.82. The van der Waals surface area contributed by atoms with Crippen molar-refractivity contribution in [3.05, 3.63) is 11.8 Å². The molecule has 0 aromatic rings. The van der Waals surface area contributed by atoms with Gasteiger partial charge in [-0.15, -0.1) is 0 Å². The highest BCUT2D eigenvalue weighted by Crippen LogP contribution is 2.33. The molecule has 0 amide bonds. The molecule has 0 radical (unpaired) electrons. The fraction of sp³-hybridized carbons (Fsp3) is 0.895. The van der Waals surface area contributed by atoms with E-state index in [0.717, 1.165) is 0 Å². The number of rotatable bonds is 6. The van der Waals surface area contributed by atoms with Crippen molar-refractivity contribution in [2.75, 3.05) is 13.2 Å². The van der Waals surface area contributed by atoms with E-state index in [1.807, 2.05) is 0 Å². The van der Waals surface area contributed by atoms with E-state index in [9.17, 15) is 20.4 Å². The van der Waals surface area contributed by atoms with Crippen LogP contribution in [0.4, 0.5) is 0 Å². The first-order chi connectivity index (χ1) is 15.0. The van der Waals surface area contributed by atoms with Crippen LogP contribution in [-0.2, 0) is 18.9 Å². The van der Waals surface area contributed by atoms with E-state index < -0.39 is 79.5 Å². The molecule has 1 aliphatic carbocycles. The minimum absolute atomic E-state index is 0.176. The van der Waals surface area contributed by atoms with Gasteiger partial charge in [0, 0.05) is 12.1 Å². The summed E-state index contributed by atoms with van der Waals surface area (Å²) in [4.78, 5) is 0. The predicted molar refractivity (Wildman–Crippen MR) is 111 cm³/mol. The quantitative estimate of drug-likeness (QED) is 0.180. The smallest absolute Gasteiger partial charge is 0.215 e. The Morgan fingerprint density at radius 2 is 1.62 bits per heavy atom. The van der Waals surface area contributed by atoms with E-state index in [0.29, 0.717) is 12.2 Å². The fourth-order valence-corrected chi connectivity index (χ4v) is 4.31. The summed E-state index contributed by atoms with van der Waals surface area (Å²) >= 11 is 0. The molecule has 12 atom stereocenters. The maximum Gasteiger partial charge on any atom is 0.215 e. The van der Waals surface area contributed by atoms with E-state index in [4.69, 9.17) is 47.6 Å². The van der Waals surface area contributed by atoms with Crippen molar-refractivity contribution in [1.29, 1.82) is 0 Å². The zero-order chi connectivity index (χ0) is 23.8. The minimum Gasteiger partial charge on any atom is -0.467 e. The van der Waals surface area contributed by atoms with Crippen molar-refractivity contribution < 1.29 is 39.4 Å². The molecule has 3 rings (SSSR count). The van der Waals surface area contributed by atoms with Crippen molar-refractivity contribution >= 4 is 0 Å². The van der Waals surface area contributed by atoms with Crippen LogP contribution in [0.25, 0.3) is 0 Å². The second kappa shape index (κ2) is 10.1. The van der Waals surface area contributed by atoms with Crippen LogP contribution < -0.4 is 28.7 Å². The highest BCUT2D eigenvalue weighted by atomic mass is 16.7. The van der Waals surface area contributed by atoms with Crippen LogP contribution in [0.1, 0.15) is 19.8 Å². The molecule has 2 heterocycles. The molecule has 0 aromatic heterocycles.